The fourth-order valence-corrected chi connectivity index (χ4v) is 2.32. The lowest BCUT2D eigenvalue weighted by molar-refractivity contribution is 0.905. The van der Waals surface area contributed by atoms with E-state index in [2.05, 4.69) is 13.8 Å². The molecule has 1 atom stereocenters. The summed E-state index contributed by atoms with van der Waals surface area (Å²) in [7, 11) is 0. The number of nitrogens with two attached hydrogens (primary N) is 1. The summed E-state index contributed by atoms with van der Waals surface area (Å²) in [6.45, 7) is 4.43. The van der Waals surface area contributed by atoms with Crippen molar-refractivity contribution in [1.82, 2.24) is 0 Å². The third-order valence-electron chi connectivity index (χ3n) is 2.18. The van der Waals surface area contributed by atoms with Gasteiger partial charge < -0.3 is 5.73 Å². The summed E-state index contributed by atoms with van der Waals surface area (Å²) < 4.78 is 0. The van der Waals surface area contributed by atoms with E-state index in [1.807, 2.05) is 30.0 Å². The first-order valence-electron chi connectivity index (χ1n) is 4.79. The van der Waals surface area contributed by atoms with Crippen LogP contribution in [0.4, 0.5) is 5.69 Å². The molecule has 0 amide bonds. The van der Waals surface area contributed by atoms with E-state index >= 15 is 0 Å². The Morgan fingerprint density at radius 2 is 2.21 bits per heavy atom. The first-order chi connectivity index (χ1) is 6.63. The molecule has 0 saturated heterocycles. The smallest absolute Gasteiger partial charge is 0.0466 e. The monoisotopic (exact) mass is 229 g/mol. The van der Waals surface area contributed by atoms with Gasteiger partial charge in [-0.2, -0.15) is 11.8 Å². The Balaban J connectivity index is 2.59. The van der Waals surface area contributed by atoms with Crippen LogP contribution >= 0.6 is 23.4 Å². The lowest BCUT2D eigenvalue weighted by atomic mass is 10.2. The van der Waals surface area contributed by atoms with Gasteiger partial charge in [-0.15, -0.1) is 0 Å². The second-order valence-electron chi connectivity index (χ2n) is 3.38. The molecule has 0 aliphatic rings. The van der Waals surface area contributed by atoms with Crippen LogP contribution in [0.3, 0.4) is 0 Å². The second-order valence-corrected chi connectivity index (χ2v) is 5.21. The predicted octanol–water partition coefficient (Wildman–Crippen LogP) is 3.95. The van der Waals surface area contributed by atoms with Crippen molar-refractivity contribution in [1.29, 1.82) is 0 Å². The van der Waals surface area contributed by atoms with Gasteiger partial charge in [0.2, 0.25) is 0 Å². The van der Waals surface area contributed by atoms with Crippen LogP contribution in [-0.2, 0) is 5.75 Å². The normalized spacial score (nSPS) is 12.8. The number of benzene rings is 1. The van der Waals surface area contributed by atoms with Crippen LogP contribution in [0.2, 0.25) is 5.02 Å². The third kappa shape index (κ3) is 3.43. The zero-order valence-electron chi connectivity index (χ0n) is 8.59. The first-order valence-corrected chi connectivity index (χ1v) is 6.21. The SMILES string of the molecule is CCC(C)SCc1ccc(N)cc1Cl. The highest BCUT2D eigenvalue weighted by Gasteiger charge is 2.03. The molecule has 0 fully saturated rings. The van der Waals surface area contributed by atoms with Gasteiger partial charge in [-0.25, -0.2) is 0 Å². The van der Waals surface area contributed by atoms with Gasteiger partial charge in [0.15, 0.2) is 0 Å². The van der Waals surface area contributed by atoms with E-state index in [4.69, 9.17) is 17.3 Å². The molecule has 3 heteroatoms. The van der Waals surface area contributed by atoms with Crippen molar-refractivity contribution in [2.24, 2.45) is 0 Å². The van der Waals surface area contributed by atoms with Gasteiger partial charge in [-0.1, -0.05) is 31.5 Å². The summed E-state index contributed by atoms with van der Waals surface area (Å²) in [5.74, 6) is 0.966. The van der Waals surface area contributed by atoms with E-state index in [-0.39, 0.29) is 0 Å². The number of anilines is 1. The molecule has 1 aromatic carbocycles. The Kier molecular flexibility index (Phi) is 4.63. The summed E-state index contributed by atoms with van der Waals surface area (Å²) in [4.78, 5) is 0. The largest absolute Gasteiger partial charge is 0.399 e. The standard InChI is InChI=1S/C11H16ClNS/c1-3-8(2)14-7-9-4-5-10(13)6-11(9)12/h4-6,8H,3,7,13H2,1-2H3. The third-order valence-corrected chi connectivity index (χ3v) is 3.91. The van der Waals surface area contributed by atoms with Crippen LogP contribution in [0, 0.1) is 0 Å². The summed E-state index contributed by atoms with van der Waals surface area (Å²) >= 11 is 7.99. The number of nitrogen functional groups attached to an aromatic ring is 1. The highest BCUT2D eigenvalue weighted by atomic mass is 35.5. The van der Waals surface area contributed by atoms with E-state index in [1.54, 1.807) is 0 Å². The molecule has 0 saturated carbocycles. The fraction of sp³-hybridized carbons (Fsp3) is 0.455. The van der Waals surface area contributed by atoms with E-state index in [0.29, 0.717) is 5.25 Å². The zero-order valence-corrected chi connectivity index (χ0v) is 10.2. The molecule has 0 heterocycles. The topological polar surface area (TPSA) is 26.0 Å². The van der Waals surface area contributed by atoms with Gasteiger partial charge in [0.1, 0.15) is 0 Å². The lowest BCUT2D eigenvalue weighted by Gasteiger charge is -2.09. The summed E-state index contributed by atoms with van der Waals surface area (Å²) in [6, 6.07) is 5.72. The summed E-state index contributed by atoms with van der Waals surface area (Å²) in [5, 5.41) is 1.46. The minimum absolute atomic E-state index is 0.684. The van der Waals surface area contributed by atoms with Gasteiger partial charge in [-0.05, 0) is 24.1 Å². The first kappa shape index (κ1) is 11.7. The van der Waals surface area contributed by atoms with Gasteiger partial charge in [0, 0.05) is 21.7 Å². The highest BCUT2D eigenvalue weighted by Crippen LogP contribution is 2.26. The van der Waals surface area contributed by atoms with Crippen molar-refractivity contribution < 1.29 is 0 Å². The maximum Gasteiger partial charge on any atom is 0.0466 e. The number of hydrogen-bond acceptors (Lipinski definition) is 2. The predicted molar refractivity (Wildman–Crippen MR) is 66.9 cm³/mol. The number of thioether (sulfide) groups is 1. The molecule has 0 aliphatic carbocycles. The molecule has 0 aliphatic heterocycles. The van der Waals surface area contributed by atoms with Gasteiger partial charge >= 0.3 is 0 Å². The summed E-state index contributed by atoms with van der Waals surface area (Å²) in [6.07, 6.45) is 1.19. The van der Waals surface area contributed by atoms with Gasteiger partial charge in [-0.3, -0.25) is 0 Å². The minimum Gasteiger partial charge on any atom is -0.399 e. The number of hydrogen-bond donors (Lipinski definition) is 1. The molecule has 0 spiro atoms. The average molecular weight is 230 g/mol. The zero-order chi connectivity index (χ0) is 10.6. The fourth-order valence-electron chi connectivity index (χ4n) is 1.03. The molecule has 78 valence electrons. The van der Waals surface area contributed by atoms with Gasteiger partial charge in [0.25, 0.3) is 0 Å². The Morgan fingerprint density at radius 1 is 1.50 bits per heavy atom. The van der Waals surface area contributed by atoms with Crippen LogP contribution in [0.15, 0.2) is 18.2 Å². The molecule has 0 aromatic heterocycles. The van der Waals surface area contributed by atoms with E-state index in [1.165, 1.54) is 12.0 Å². The minimum atomic E-state index is 0.684. The Labute approximate surface area is 95.0 Å². The van der Waals surface area contributed by atoms with Crippen molar-refractivity contribution in [2.75, 3.05) is 5.73 Å². The average Bonchev–Trinajstić information content (AvgIpc) is 2.16. The van der Waals surface area contributed by atoms with Crippen molar-refractivity contribution >= 4 is 29.1 Å². The molecule has 1 rings (SSSR count). The molecule has 1 nitrogen and oxygen atoms in total. The van der Waals surface area contributed by atoms with Crippen molar-refractivity contribution in [3.63, 3.8) is 0 Å². The van der Waals surface area contributed by atoms with Crippen LogP contribution in [-0.4, -0.2) is 5.25 Å². The molecule has 14 heavy (non-hydrogen) atoms. The van der Waals surface area contributed by atoms with Gasteiger partial charge in [0.05, 0.1) is 0 Å². The van der Waals surface area contributed by atoms with Crippen LogP contribution in [0.25, 0.3) is 0 Å². The number of halogens is 1. The molecular formula is C11H16ClNS. The van der Waals surface area contributed by atoms with Crippen molar-refractivity contribution in [2.45, 2.75) is 31.3 Å². The van der Waals surface area contributed by atoms with Crippen LogP contribution < -0.4 is 5.73 Å². The van der Waals surface area contributed by atoms with Crippen molar-refractivity contribution in [3.8, 4) is 0 Å². The maximum absolute atomic E-state index is 6.06. The molecule has 0 radical (unpaired) electrons. The maximum atomic E-state index is 6.06. The highest BCUT2D eigenvalue weighted by molar-refractivity contribution is 7.99. The molecule has 0 bridgehead atoms. The Morgan fingerprint density at radius 3 is 2.79 bits per heavy atom. The molecule has 2 N–H and O–H groups in total. The summed E-state index contributed by atoms with van der Waals surface area (Å²) in [5.41, 5.74) is 7.52. The van der Waals surface area contributed by atoms with Crippen LogP contribution in [0.5, 0.6) is 0 Å². The van der Waals surface area contributed by atoms with E-state index < -0.39 is 0 Å². The van der Waals surface area contributed by atoms with Crippen LogP contribution in [0.1, 0.15) is 25.8 Å². The molecule has 1 unspecified atom stereocenters. The molecule has 1 aromatic rings. The van der Waals surface area contributed by atoms with E-state index in [9.17, 15) is 0 Å². The quantitative estimate of drug-likeness (QED) is 0.792. The Bertz CT molecular complexity index is 301. The Hall–Kier alpha value is -0.340. The van der Waals surface area contributed by atoms with E-state index in [0.717, 1.165) is 16.5 Å². The molecular weight excluding hydrogens is 214 g/mol. The number of rotatable bonds is 4. The second kappa shape index (κ2) is 5.52. The van der Waals surface area contributed by atoms with Crippen molar-refractivity contribution in [3.05, 3.63) is 28.8 Å². The lowest BCUT2D eigenvalue weighted by Crippen LogP contribution is -1.94.